The Morgan fingerprint density at radius 1 is 1.47 bits per heavy atom. The van der Waals surface area contributed by atoms with Gasteiger partial charge in [0.15, 0.2) is 5.75 Å². The van der Waals surface area contributed by atoms with Gasteiger partial charge in [0.05, 0.1) is 11.0 Å². The van der Waals surface area contributed by atoms with Crippen molar-refractivity contribution in [1.82, 2.24) is 10.7 Å². The van der Waals surface area contributed by atoms with E-state index < -0.39 is 4.92 Å². The summed E-state index contributed by atoms with van der Waals surface area (Å²) in [5.74, 6) is -0.0902. The van der Waals surface area contributed by atoms with Gasteiger partial charge in [-0.2, -0.15) is 5.10 Å². The van der Waals surface area contributed by atoms with E-state index in [1.54, 1.807) is 6.07 Å². The number of rotatable bonds is 2. The van der Waals surface area contributed by atoms with E-state index in [0.29, 0.717) is 0 Å². The number of nitro groups is 1. The van der Waals surface area contributed by atoms with E-state index in [9.17, 15) is 15.2 Å². The average Bonchev–Trinajstić information content (AvgIpc) is 2.83. The zero-order valence-corrected chi connectivity index (χ0v) is 10.2. The monoisotopic (exact) mass is 262 g/mol. The van der Waals surface area contributed by atoms with Gasteiger partial charge in [0.2, 0.25) is 0 Å². The molecule has 0 amide bonds. The second-order valence-electron chi connectivity index (χ2n) is 4.78. The summed E-state index contributed by atoms with van der Waals surface area (Å²) in [6.45, 7) is 1.73. The summed E-state index contributed by atoms with van der Waals surface area (Å²) in [6, 6.07) is 4.42. The highest BCUT2D eigenvalue weighted by Crippen LogP contribution is 2.34. The maximum atomic E-state index is 10.9. The molecule has 2 atom stereocenters. The molecule has 0 bridgehead atoms. The number of aromatic hydroxyl groups is 1. The van der Waals surface area contributed by atoms with Crippen LogP contribution in [0.15, 0.2) is 23.3 Å². The molecule has 19 heavy (non-hydrogen) atoms. The number of nitrogens with one attached hydrogen (secondary N) is 2. The maximum absolute atomic E-state index is 10.9. The van der Waals surface area contributed by atoms with Crippen molar-refractivity contribution in [1.29, 1.82) is 0 Å². The Morgan fingerprint density at radius 2 is 2.32 bits per heavy atom. The van der Waals surface area contributed by atoms with Crippen LogP contribution in [0, 0.1) is 16.0 Å². The Labute approximate surface area is 109 Å². The first-order chi connectivity index (χ1) is 9.16. The number of nitro benzene ring substituents is 1. The summed E-state index contributed by atoms with van der Waals surface area (Å²) in [5, 5.41) is 27.9. The molecular weight excluding hydrogens is 248 g/mol. The zero-order chi connectivity index (χ0) is 13.4. The van der Waals surface area contributed by atoms with Gasteiger partial charge in [0.1, 0.15) is 0 Å². The highest BCUT2D eigenvalue weighted by Gasteiger charge is 2.35. The Bertz CT molecular complexity index is 558. The van der Waals surface area contributed by atoms with Crippen LogP contribution in [0.25, 0.3) is 0 Å². The van der Waals surface area contributed by atoms with Crippen LogP contribution in [-0.2, 0) is 0 Å². The topological polar surface area (TPSA) is 99.8 Å². The van der Waals surface area contributed by atoms with Crippen LogP contribution in [0.3, 0.4) is 0 Å². The minimum Gasteiger partial charge on any atom is -0.502 e. The fourth-order valence-corrected chi connectivity index (χ4v) is 2.66. The zero-order valence-electron chi connectivity index (χ0n) is 10.2. The van der Waals surface area contributed by atoms with Gasteiger partial charge in [-0.3, -0.25) is 10.1 Å². The maximum Gasteiger partial charge on any atom is 0.311 e. The summed E-state index contributed by atoms with van der Waals surface area (Å²) in [5.41, 5.74) is 4.66. The molecule has 0 radical (unpaired) electrons. The predicted molar refractivity (Wildman–Crippen MR) is 69.0 cm³/mol. The van der Waals surface area contributed by atoms with E-state index in [4.69, 9.17) is 0 Å². The normalized spacial score (nSPS) is 25.4. The van der Waals surface area contributed by atoms with E-state index in [1.807, 2.05) is 0 Å². The lowest BCUT2D eigenvalue weighted by Crippen LogP contribution is -2.38. The van der Waals surface area contributed by atoms with Gasteiger partial charge in [-0.15, -0.1) is 0 Å². The van der Waals surface area contributed by atoms with Crippen molar-refractivity contribution in [3.8, 4) is 5.75 Å². The van der Waals surface area contributed by atoms with Crippen molar-refractivity contribution in [2.75, 3.05) is 13.1 Å². The van der Waals surface area contributed by atoms with Crippen LogP contribution in [0.5, 0.6) is 5.75 Å². The van der Waals surface area contributed by atoms with Crippen LogP contribution in [0.1, 0.15) is 18.0 Å². The third-order valence-corrected chi connectivity index (χ3v) is 3.66. The highest BCUT2D eigenvalue weighted by atomic mass is 16.6. The second-order valence-corrected chi connectivity index (χ2v) is 4.78. The summed E-state index contributed by atoms with van der Waals surface area (Å²) < 4.78 is 0. The van der Waals surface area contributed by atoms with Gasteiger partial charge >= 0.3 is 5.69 Å². The highest BCUT2D eigenvalue weighted by molar-refractivity contribution is 5.89. The Kier molecular flexibility index (Phi) is 2.83. The number of phenols is 1. The first-order valence-corrected chi connectivity index (χ1v) is 6.17. The van der Waals surface area contributed by atoms with E-state index >= 15 is 0 Å². The molecule has 0 saturated carbocycles. The van der Waals surface area contributed by atoms with E-state index in [1.165, 1.54) is 12.1 Å². The van der Waals surface area contributed by atoms with E-state index in [0.717, 1.165) is 30.8 Å². The molecule has 2 unspecified atom stereocenters. The number of benzene rings is 1. The van der Waals surface area contributed by atoms with Crippen molar-refractivity contribution in [2.24, 2.45) is 11.0 Å². The standard InChI is InChI=1S/C12H14N4O3/c17-11-2-1-7(5-10(11)16(18)19)12-8-6-13-4-3-9(8)14-15-12/h1-2,5,8,12-13,15,17H,3-4,6H2. The summed E-state index contributed by atoms with van der Waals surface area (Å²) in [6.07, 6.45) is 0.897. The number of fused-ring (bicyclic) bond motifs is 1. The minimum atomic E-state index is -0.575. The molecule has 3 rings (SSSR count). The van der Waals surface area contributed by atoms with Gasteiger partial charge in [0, 0.05) is 37.2 Å². The molecule has 1 saturated heterocycles. The molecule has 7 heteroatoms. The molecule has 2 aliphatic heterocycles. The molecule has 0 spiro atoms. The number of nitrogens with zero attached hydrogens (tertiary/aromatic N) is 2. The van der Waals surface area contributed by atoms with Crippen LogP contribution >= 0.6 is 0 Å². The lowest BCUT2D eigenvalue weighted by molar-refractivity contribution is -0.385. The lowest BCUT2D eigenvalue weighted by atomic mass is 9.87. The van der Waals surface area contributed by atoms with E-state index in [2.05, 4.69) is 15.8 Å². The molecule has 7 nitrogen and oxygen atoms in total. The third-order valence-electron chi connectivity index (χ3n) is 3.66. The van der Waals surface area contributed by atoms with Gasteiger partial charge in [-0.05, 0) is 11.6 Å². The quantitative estimate of drug-likeness (QED) is 0.543. The summed E-state index contributed by atoms with van der Waals surface area (Å²) in [7, 11) is 0. The number of hydrazone groups is 1. The fraction of sp³-hybridized carbons (Fsp3) is 0.417. The molecule has 1 fully saturated rings. The Hall–Kier alpha value is -2.15. The van der Waals surface area contributed by atoms with Crippen molar-refractivity contribution >= 4 is 11.4 Å². The lowest BCUT2D eigenvalue weighted by Gasteiger charge is -2.25. The molecule has 2 heterocycles. The fourth-order valence-electron chi connectivity index (χ4n) is 2.66. The molecule has 3 N–H and O–H groups in total. The minimum absolute atomic E-state index is 0.0675. The Morgan fingerprint density at radius 3 is 3.11 bits per heavy atom. The molecular formula is C12H14N4O3. The summed E-state index contributed by atoms with van der Waals surface area (Å²) in [4.78, 5) is 10.3. The van der Waals surface area contributed by atoms with Gasteiger partial charge < -0.3 is 15.8 Å². The van der Waals surface area contributed by atoms with E-state index in [-0.39, 0.29) is 23.4 Å². The largest absolute Gasteiger partial charge is 0.502 e. The molecule has 0 aromatic heterocycles. The number of piperidine rings is 1. The van der Waals surface area contributed by atoms with Gasteiger partial charge in [-0.25, -0.2) is 0 Å². The first-order valence-electron chi connectivity index (χ1n) is 6.17. The smallest absolute Gasteiger partial charge is 0.311 e. The van der Waals surface area contributed by atoms with Crippen LogP contribution in [0.2, 0.25) is 0 Å². The molecule has 0 aliphatic carbocycles. The second kappa shape index (κ2) is 4.51. The average molecular weight is 262 g/mol. The van der Waals surface area contributed by atoms with Crippen molar-refractivity contribution in [2.45, 2.75) is 12.5 Å². The SMILES string of the molecule is O=[N+]([O-])c1cc(C2NN=C3CCNCC32)ccc1O. The van der Waals surface area contributed by atoms with Crippen molar-refractivity contribution in [3.05, 3.63) is 33.9 Å². The number of phenolic OH excluding ortho intramolecular Hbond substituents is 1. The van der Waals surface area contributed by atoms with Crippen LogP contribution in [0.4, 0.5) is 5.69 Å². The van der Waals surface area contributed by atoms with Gasteiger partial charge in [0.25, 0.3) is 0 Å². The first kappa shape index (κ1) is 11.9. The van der Waals surface area contributed by atoms with Gasteiger partial charge in [-0.1, -0.05) is 6.07 Å². The third kappa shape index (κ3) is 2.01. The molecule has 100 valence electrons. The molecule has 1 aromatic rings. The molecule has 2 aliphatic rings. The van der Waals surface area contributed by atoms with Crippen LogP contribution in [-0.4, -0.2) is 28.8 Å². The predicted octanol–water partition coefficient (Wildman–Crippen LogP) is 0.910. The van der Waals surface area contributed by atoms with Crippen LogP contribution < -0.4 is 10.7 Å². The van der Waals surface area contributed by atoms with Crippen molar-refractivity contribution < 1.29 is 10.0 Å². The number of hydrogen-bond acceptors (Lipinski definition) is 6. The molecule has 1 aromatic carbocycles. The number of hydrogen-bond donors (Lipinski definition) is 3. The van der Waals surface area contributed by atoms with Crippen molar-refractivity contribution in [3.63, 3.8) is 0 Å². The summed E-state index contributed by atoms with van der Waals surface area (Å²) >= 11 is 0. The Balaban J connectivity index is 1.91.